The lowest BCUT2D eigenvalue weighted by molar-refractivity contribution is -0.160. The molecule has 0 bridgehead atoms. The first-order valence-electron chi connectivity index (χ1n) is 17.0. The molecule has 54 heavy (non-hydrogen) atoms. The van der Waals surface area contributed by atoms with Crippen LogP contribution in [0.4, 0.5) is 40.8 Å². The number of alkyl halides is 6. The predicted molar refractivity (Wildman–Crippen MR) is 177 cm³/mol. The van der Waals surface area contributed by atoms with Gasteiger partial charge < -0.3 is 19.9 Å². The standard InChI is InChI=1S/C36H35F8N5O5/c1-34-10-2-12-49(34)48(20-22-4-8-26(30(38)29(22)37)54-15-3-11-47-13-16-53-17-14-47)33(52)28(31(34)50)32(51)46-25-7-6-23(35(39,40)41)18-24(25)21-5-9-27(45-19-21)36(42,43)44/h4-9,18-19,50H,2-3,10-17,20H2,1H3,(H,46,51)/t34-/m1/s1. The zero-order valence-corrected chi connectivity index (χ0v) is 28.8. The lowest BCUT2D eigenvalue weighted by Crippen LogP contribution is -2.60. The molecule has 1 aromatic heterocycles. The number of pyridine rings is 1. The second kappa shape index (κ2) is 15.1. The van der Waals surface area contributed by atoms with E-state index >= 15 is 8.78 Å². The van der Waals surface area contributed by atoms with E-state index in [4.69, 9.17) is 9.47 Å². The molecule has 2 saturated heterocycles. The molecule has 2 aromatic carbocycles. The molecule has 3 aromatic rings. The maximum atomic E-state index is 15.5. The Kier molecular flexibility index (Phi) is 10.9. The van der Waals surface area contributed by atoms with Crippen molar-refractivity contribution in [1.29, 1.82) is 0 Å². The molecule has 2 fully saturated rings. The van der Waals surface area contributed by atoms with Crippen LogP contribution in [0.3, 0.4) is 0 Å². The fourth-order valence-corrected chi connectivity index (χ4v) is 6.78. The number of nitrogens with one attached hydrogen (secondary N) is 1. The van der Waals surface area contributed by atoms with E-state index in [1.807, 2.05) is 0 Å². The van der Waals surface area contributed by atoms with E-state index in [1.54, 1.807) is 0 Å². The molecule has 3 aliphatic heterocycles. The Bertz CT molecular complexity index is 1930. The summed E-state index contributed by atoms with van der Waals surface area (Å²) in [6, 6.07) is 5.96. The highest BCUT2D eigenvalue weighted by molar-refractivity contribution is 6.24. The van der Waals surface area contributed by atoms with Gasteiger partial charge >= 0.3 is 12.4 Å². The number of fused-ring (bicyclic) bond motifs is 1. The molecular formula is C36H35F8N5O5. The molecule has 0 spiro atoms. The van der Waals surface area contributed by atoms with Gasteiger partial charge in [-0.3, -0.25) is 24.5 Å². The number of aliphatic hydroxyl groups is 1. The Labute approximate surface area is 303 Å². The van der Waals surface area contributed by atoms with E-state index < -0.39 is 70.5 Å². The zero-order valence-electron chi connectivity index (χ0n) is 28.8. The fraction of sp³-hybridized carbons (Fsp3) is 0.417. The molecule has 290 valence electrons. The lowest BCUT2D eigenvalue weighted by atomic mass is 9.90. The number of hydrogen-bond acceptors (Lipinski definition) is 8. The fourth-order valence-electron chi connectivity index (χ4n) is 6.78. The Morgan fingerprint density at radius 1 is 1.00 bits per heavy atom. The van der Waals surface area contributed by atoms with Crippen molar-refractivity contribution >= 4 is 17.5 Å². The van der Waals surface area contributed by atoms with Crippen LogP contribution in [0.1, 0.15) is 43.0 Å². The summed E-state index contributed by atoms with van der Waals surface area (Å²) in [6.45, 7) is 4.70. The maximum absolute atomic E-state index is 15.5. The minimum absolute atomic E-state index is 0.113. The zero-order chi connectivity index (χ0) is 39.0. The van der Waals surface area contributed by atoms with Crippen LogP contribution in [-0.4, -0.2) is 88.4 Å². The molecule has 0 unspecified atom stereocenters. The maximum Gasteiger partial charge on any atom is 0.433 e. The second-order valence-corrected chi connectivity index (χ2v) is 13.2. The van der Waals surface area contributed by atoms with E-state index in [-0.39, 0.29) is 47.7 Å². The van der Waals surface area contributed by atoms with Gasteiger partial charge in [-0.2, -0.15) is 30.7 Å². The van der Waals surface area contributed by atoms with Gasteiger partial charge in [-0.25, -0.2) is 9.40 Å². The van der Waals surface area contributed by atoms with Crippen LogP contribution in [0, 0.1) is 11.6 Å². The predicted octanol–water partition coefficient (Wildman–Crippen LogP) is 6.73. The van der Waals surface area contributed by atoms with Crippen LogP contribution in [0.15, 0.2) is 60.0 Å². The van der Waals surface area contributed by atoms with Crippen LogP contribution in [0.25, 0.3) is 11.1 Å². The van der Waals surface area contributed by atoms with Crippen LogP contribution >= 0.6 is 0 Å². The van der Waals surface area contributed by atoms with E-state index in [2.05, 4.69) is 15.2 Å². The SMILES string of the molecule is C[C@]12CCCN1N(Cc1ccc(OCCCN3CCOCC3)c(F)c1F)C(=O)C(C(=O)Nc1ccc(C(F)(F)F)cc1-c1ccc(C(F)(F)F)nc1)=C2O. The molecule has 3 aliphatic rings. The van der Waals surface area contributed by atoms with Gasteiger partial charge in [-0.05, 0) is 56.5 Å². The number of aliphatic hydroxyl groups excluding tert-OH is 1. The van der Waals surface area contributed by atoms with Crippen LogP contribution < -0.4 is 10.1 Å². The van der Waals surface area contributed by atoms with Crippen molar-refractivity contribution in [3.8, 4) is 16.9 Å². The molecule has 0 aliphatic carbocycles. The van der Waals surface area contributed by atoms with Crippen molar-refractivity contribution in [1.82, 2.24) is 19.9 Å². The third-order valence-electron chi connectivity index (χ3n) is 9.70. The van der Waals surface area contributed by atoms with E-state index in [0.29, 0.717) is 57.0 Å². The van der Waals surface area contributed by atoms with Crippen LogP contribution in [-0.2, 0) is 33.2 Å². The van der Waals surface area contributed by atoms with Crippen molar-refractivity contribution in [2.75, 3.05) is 51.3 Å². The Morgan fingerprint density at radius 3 is 2.41 bits per heavy atom. The van der Waals surface area contributed by atoms with Crippen molar-refractivity contribution < 1.29 is 59.3 Å². The Morgan fingerprint density at radius 2 is 1.74 bits per heavy atom. The highest BCUT2D eigenvalue weighted by Crippen LogP contribution is 2.43. The number of halogens is 8. The van der Waals surface area contributed by atoms with Crippen molar-refractivity contribution in [2.45, 2.75) is 50.6 Å². The number of anilines is 1. The molecular weight excluding hydrogens is 734 g/mol. The smallest absolute Gasteiger partial charge is 0.433 e. The third-order valence-corrected chi connectivity index (χ3v) is 9.70. The summed E-state index contributed by atoms with van der Waals surface area (Å²) in [6.07, 6.45) is -7.81. The summed E-state index contributed by atoms with van der Waals surface area (Å²) in [7, 11) is 0. The normalized spacial score (nSPS) is 20.0. The average molecular weight is 770 g/mol. The Balaban J connectivity index is 1.25. The molecule has 1 atom stereocenters. The molecule has 10 nitrogen and oxygen atoms in total. The molecule has 18 heteroatoms. The molecule has 4 heterocycles. The van der Waals surface area contributed by atoms with Gasteiger partial charge in [0.05, 0.1) is 37.5 Å². The highest BCUT2D eigenvalue weighted by Gasteiger charge is 2.53. The van der Waals surface area contributed by atoms with Crippen molar-refractivity contribution in [2.24, 2.45) is 0 Å². The van der Waals surface area contributed by atoms with Gasteiger partial charge in [0.2, 0.25) is 5.82 Å². The summed E-state index contributed by atoms with van der Waals surface area (Å²) in [5.74, 6) is -5.94. The number of ether oxygens (including phenoxy) is 2. The quantitative estimate of drug-likeness (QED) is 0.133. The minimum atomic E-state index is -4.88. The largest absolute Gasteiger partial charge is 0.509 e. The second-order valence-electron chi connectivity index (χ2n) is 13.2. The number of amides is 2. The van der Waals surface area contributed by atoms with E-state index in [1.165, 1.54) is 24.1 Å². The molecule has 2 amide bonds. The van der Waals surface area contributed by atoms with E-state index in [0.717, 1.165) is 30.2 Å². The van der Waals surface area contributed by atoms with Crippen LogP contribution in [0.2, 0.25) is 0 Å². The number of hydrogen-bond donors (Lipinski definition) is 2. The molecule has 2 N–H and O–H groups in total. The van der Waals surface area contributed by atoms with Crippen molar-refractivity contribution in [3.63, 3.8) is 0 Å². The summed E-state index contributed by atoms with van der Waals surface area (Å²) in [5.41, 5.74) is -5.89. The minimum Gasteiger partial charge on any atom is -0.509 e. The van der Waals surface area contributed by atoms with Gasteiger partial charge in [0.15, 0.2) is 11.6 Å². The summed E-state index contributed by atoms with van der Waals surface area (Å²) in [4.78, 5) is 33.3. The number of carbonyl (C=O) groups excluding carboxylic acids is 2. The number of nitrogens with zero attached hydrogens (tertiary/aromatic N) is 4. The monoisotopic (exact) mass is 769 g/mol. The first-order valence-corrected chi connectivity index (χ1v) is 17.0. The van der Waals surface area contributed by atoms with Crippen LogP contribution in [0.5, 0.6) is 5.75 Å². The number of hydrazine groups is 1. The Hall–Kier alpha value is -4.81. The first-order chi connectivity index (χ1) is 25.5. The number of aromatic nitrogens is 1. The van der Waals surface area contributed by atoms with Crippen molar-refractivity contribution in [3.05, 3.63) is 88.4 Å². The first kappa shape index (κ1) is 38.9. The number of carbonyl (C=O) groups is 2. The van der Waals surface area contributed by atoms with E-state index in [9.17, 15) is 41.0 Å². The topological polar surface area (TPSA) is 107 Å². The van der Waals surface area contributed by atoms with Gasteiger partial charge in [0, 0.05) is 54.8 Å². The summed E-state index contributed by atoms with van der Waals surface area (Å²) >= 11 is 0. The van der Waals surface area contributed by atoms with Gasteiger partial charge in [-0.15, -0.1) is 0 Å². The highest BCUT2D eigenvalue weighted by atomic mass is 19.4. The number of morpholine rings is 1. The molecule has 6 rings (SSSR count). The lowest BCUT2D eigenvalue weighted by Gasteiger charge is -2.46. The molecule has 0 radical (unpaired) electrons. The number of rotatable bonds is 10. The van der Waals surface area contributed by atoms with Gasteiger partial charge in [0.25, 0.3) is 11.8 Å². The van der Waals surface area contributed by atoms with Gasteiger partial charge in [-0.1, -0.05) is 12.1 Å². The molecule has 0 saturated carbocycles. The van der Waals surface area contributed by atoms with Gasteiger partial charge in [0.1, 0.15) is 17.0 Å². The summed E-state index contributed by atoms with van der Waals surface area (Å²) in [5, 5.41) is 16.1. The summed E-state index contributed by atoms with van der Waals surface area (Å²) < 4.78 is 122. The average Bonchev–Trinajstić information content (AvgIpc) is 3.53. The number of benzene rings is 2. The third kappa shape index (κ3) is 7.86.